The maximum atomic E-state index is 12.8. The van der Waals surface area contributed by atoms with E-state index in [-0.39, 0.29) is 5.91 Å². The molecule has 7 nitrogen and oxygen atoms in total. The van der Waals surface area contributed by atoms with Crippen LogP contribution in [0.5, 0.6) is 0 Å². The summed E-state index contributed by atoms with van der Waals surface area (Å²) in [5.74, 6) is 0.0226. The molecule has 0 aromatic carbocycles. The molecule has 2 saturated heterocycles. The number of nitrogens with zero attached hydrogens (tertiary/aromatic N) is 4. The van der Waals surface area contributed by atoms with Gasteiger partial charge in [-0.3, -0.25) is 4.79 Å². The Morgan fingerprint density at radius 3 is 2.08 bits per heavy atom. The quantitative estimate of drug-likeness (QED) is 0.752. The third-order valence-corrected chi connectivity index (χ3v) is 8.60. The van der Waals surface area contributed by atoms with Crippen LogP contribution in [0.15, 0.2) is 6.07 Å². The van der Waals surface area contributed by atoms with Crippen LogP contribution in [-0.2, 0) is 16.6 Å². The molecule has 0 radical (unpaired) electrons. The molecule has 2 aliphatic rings. The Morgan fingerprint density at radius 1 is 1.04 bits per heavy atom. The number of hydrogen-bond donors (Lipinski definition) is 0. The molecule has 146 valence electrons. The van der Waals surface area contributed by atoms with E-state index in [9.17, 15) is 13.2 Å². The zero-order valence-electron chi connectivity index (χ0n) is 15.8. The molecule has 0 unspecified atom stereocenters. The molecule has 0 N–H and O–H groups in total. The van der Waals surface area contributed by atoms with Gasteiger partial charge in [-0.25, -0.2) is 0 Å². The topological polar surface area (TPSA) is 64.2 Å². The van der Waals surface area contributed by atoms with Crippen LogP contribution in [0.1, 0.15) is 27.0 Å². The summed E-state index contributed by atoms with van der Waals surface area (Å²) >= 11 is 1.55. The van der Waals surface area contributed by atoms with Gasteiger partial charge in [0.25, 0.3) is 16.1 Å². The fraction of sp³-hybridized carbons (Fsp3) is 0.706. The second-order valence-corrected chi connectivity index (χ2v) is 10.0. The maximum absolute atomic E-state index is 12.8. The van der Waals surface area contributed by atoms with E-state index < -0.39 is 10.2 Å². The number of carbonyl (C=O) groups excluding carboxylic acids is 1. The lowest BCUT2D eigenvalue weighted by atomic mass is 10.2. The van der Waals surface area contributed by atoms with Crippen LogP contribution in [-0.4, -0.2) is 92.1 Å². The second kappa shape index (κ2) is 7.93. The number of rotatable bonds is 4. The van der Waals surface area contributed by atoms with Crippen molar-refractivity contribution in [3.05, 3.63) is 21.4 Å². The first kappa shape index (κ1) is 19.8. The standard InChI is InChI=1S/C17H28N4O3S2/c1-4-15-14(2)13-16(25-15)17(22)19-7-11-21(12-8-19)26(23,24)20-9-5-18(3)6-10-20/h13H,4-12H2,1-3H3. The molecular weight excluding hydrogens is 372 g/mol. The molecule has 1 aromatic heterocycles. The van der Waals surface area contributed by atoms with Gasteiger partial charge in [-0.1, -0.05) is 6.92 Å². The molecule has 2 fully saturated rings. The average Bonchev–Trinajstić information content (AvgIpc) is 3.02. The van der Waals surface area contributed by atoms with Gasteiger partial charge in [0.1, 0.15) is 0 Å². The molecule has 3 heterocycles. The van der Waals surface area contributed by atoms with E-state index in [2.05, 4.69) is 11.8 Å². The minimum absolute atomic E-state index is 0.0226. The summed E-state index contributed by atoms with van der Waals surface area (Å²) in [4.78, 5) is 18.6. The van der Waals surface area contributed by atoms with Crippen molar-refractivity contribution < 1.29 is 13.2 Å². The van der Waals surface area contributed by atoms with Crippen LogP contribution in [0.4, 0.5) is 0 Å². The third-order valence-electron chi connectivity index (χ3n) is 5.19. The highest BCUT2D eigenvalue weighted by atomic mass is 32.2. The highest BCUT2D eigenvalue weighted by molar-refractivity contribution is 7.86. The SMILES string of the molecule is CCc1sc(C(=O)N2CCN(S(=O)(=O)N3CCN(C)CC3)CC2)cc1C. The Hall–Kier alpha value is -1.00. The summed E-state index contributed by atoms with van der Waals surface area (Å²) in [5, 5.41) is 0. The molecule has 3 rings (SSSR count). The van der Waals surface area contributed by atoms with Gasteiger partial charge >= 0.3 is 0 Å². The van der Waals surface area contributed by atoms with Crippen LogP contribution in [0.3, 0.4) is 0 Å². The molecule has 0 aliphatic carbocycles. The largest absolute Gasteiger partial charge is 0.335 e. The van der Waals surface area contributed by atoms with Gasteiger partial charge in [0.05, 0.1) is 4.88 Å². The van der Waals surface area contributed by atoms with Crippen molar-refractivity contribution in [3.63, 3.8) is 0 Å². The minimum Gasteiger partial charge on any atom is -0.335 e. The predicted molar refractivity (Wildman–Crippen MR) is 104 cm³/mol. The first-order chi connectivity index (χ1) is 12.3. The van der Waals surface area contributed by atoms with Gasteiger partial charge in [-0.15, -0.1) is 11.3 Å². The van der Waals surface area contributed by atoms with E-state index >= 15 is 0 Å². The summed E-state index contributed by atoms with van der Waals surface area (Å²) in [7, 11) is -1.42. The van der Waals surface area contributed by atoms with Crippen molar-refractivity contribution >= 4 is 27.5 Å². The van der Waals surface area contributed by atoms with E-state index in [0.717, 1.165) is 30.0 Å². The number of hydrogen-bond acceptors (Lipinski definition) is 5. The normalized spacial score (nSPS) is 21.3. The summed E-state index contributed by atoms with van der Waals surface area (Å²) in [5.41, 5.74) is 1.16. The number of aryl methyl sites for hydroxylation is 2. The lowest BCUT2D eigenvalue weighted by Crippen LogP contribution is -2.57. The first-order valence-electron chi connectivity index (χ1n) is 9.15. The highest BCUT2D eigenvalue weighted by Crippen LogP contribution is 2.24. The lowest BCUT2D eigenvalue weighted by Gasteiger charge is -2.39. The van der Waals surface area contributed by atoms with E-state index in [4.69, 9.17) is 0 Å². The third kappa shape index (κ3) is 3.96. The first-order valence-corrected chi connectivity index (χ1v) is 11.4. The summed E-state index contributed by atoms with van der Waals surface area (Å²) < 4.78 is 28.7. The van der Waals surface area contributed by atoms with Crippen molar-refractivity contribution in [2.24, 2.45) is 0 Å². The van der Waals surface area contributed by atoms with E-state index in [1.807, 2.05) is 20.0 Å². The van der Waals surface area contributed by atoms with Gasteiger partial charge in [0, 0.05) is 57.2 Å². The van der Waals surface area contributed by atoms with Gasteiger partial charge in [0.2, 0.25) is 0 Å². The number of thiophene rings is 1. The monoisotopic (exact) mass is 400 g/mol. The molecule has 0 saturated carbocycles. The van der Waals surface area contributed by atoms with Crippen LogP contribution in [0.25, 0.3) is 0 Å². The smallest absolute Gasteiger partial charge is 0.282 e. The molecule has 9 heteroatoms. The minimum atomic E-state index is -3.42. The fourth-order valence-electron chi connectivity index (χ4n) is 3.44. The lowest BCUT2D eigenvalue weighted by molar-refractivity contribution is 0.0697. The Kier molecular flexibility index (Phi) is 6.03. The predicted octanol–water partition coefficient (Wildman–Crippen LogP) is 0.869. The Morgan fingerprint density at radius 2 is 1.58 bits per heavy atom. The van der Waals surface area contributed by atoms with Crippen LogP contribution in [0, 0.1) is 6.92 Å². The van der Waals surface area contributed by atoms with Crippen molar-refractivity contribution in [2.45, 2.75) is 20.3 Å². The van der Waals surface area contributed by atoms with E-state index in [0.29, 0.717) is 39.3 Å². The number of likely N-dealkylation sites (N-methyl/N-ethyl adjacent to an activating group) is 1. The zero-order valence-corrected chi connectivity index (χ0v) is 17.4. The van der Waals surface area contributed by atoms with Crippen molar-refractivity contribution in [2.75, 3.05) is 59.4 Å². The van der Waals surface area contributed by atoms with Crippen LogP contribution < -0.4 is 0 Å². The van der Waals surface area contributed by atoms with Crippen LogP contribution in [0.2, 0.25) is 0 Å². The molecule has 1 amide bonds. The molecule has 0 bridgehead atoms. The Balaban J connectivity index is 1.60. The molecule has 0 spiro atoms. The molecular formula is C17H28N4O3S2. The van der Waals surface area contributed by atoms with E-state index in [1.165, 1.54) is 9.18 Å². The zero-order chi connectivity index (χ0) is 18.9. The van der Waals surface area contributed by atoms with Crippen molar-refractivity contribution in [1.29, 1.82) is 0 Å². The van der Waals surface area contributed by atoms with Crippen molar-refractivity contribution in [3.8, 4) is 0 Å². The van der Waals surface area contributed by atoms with Gasteiger partial charge < -0.3 is 9.80 Å². The van der Waals surface area contributed by atoms with Crippen molar-refractivity contribution in [1.82, 2.24) is 18.4 Å². The summed E-state index contributed by atoms with van der Waals surface area (Å²) in [6, 6.07) is 1.96. The number of piperazine rings is 2. The molecule has 2 aliphatic heterocycles. The Bertz CT molecular complexity index is 746. The Labute approximate surface area is 160 Å². The van der Waals surface area contributed by atoms with Gasteiger partial charge in [0.15, 0.2) is 0 Å². The highest BCUT2D eigenvalue weighted by Gasteiger charge is 2.35. The summed E-state index contributed by atoms with van der Waals surface area (Å²) in [6.07, 6.45) is 0.931. The molecule has 1 aromatic rings. The molecule has 0 atom stereocenters. The number of amides is 1. The second-order valence-electron chi connectivity index (χ2n) is 6.97. The number of carbonyl (C=O) groups is 1. The fourth-order valence-corrected chi connectivity index (χ4v) is 6.09. The van der Waals surface area contributed by atoms with Gasteiger partial charge in [-0.2, -0.15) is 17.0 Å². The van der Waals surface area contributed by atoms with Gasteiger partial charge in [-0.05, 0) is 32.0 Å². The summed E-state index contributed by atoms with van der Waals surface area (Å²) in [6.45, 7) is 8.34. The molecule has 26 heavy (non-hydrogen) atoms. The van der Waals surface area contributed by atoms with E-state index in [1.54, 1.807) is 20.5 Å². The average molecular weight is 401 g/mol. The van der Waals surface area contributed by atoms with Crippen LogP contribution >= 0.6 is 11.3 Å². The maximum Gasteiger partial charge on any atom is 0.282 e.